The van der Waals surface area contributed by atoms with Gasteiger partial charge in [0.1, 0.15) is 5.78 Å². The molecular weight excluding hydrogens is 200 g/mol. The molecule has 4 rings (SSSR count). The van der Waals surface area contributed by atoms with E-state index in [9.17, 15) is 9.90 Å². The van der Waals surface area contributed by atoms with Crippen LogP contribution in [-0.4, -0.2) is 16.5 Å². The average Bonchev–Trinajstić information content (AvgIpc) is 2.81. The molecule has 6 unspecified atom stereocenters. The van der Waals surface area contributed by atoms with Gasteiger partial charge in [-0.25, -0.2) is 0 Å². The number of Topliss-reactive ketones (excluding diaryl/α,β-unsaturated/α-hetero) is 1. The van der Waals surface area contributed by atoms with Gasteiger partial charge in [0.25, 0.3) is 0 Å². The molecule has 2 saturated carbocycles. The van der Waals surface area contributed by atoms with E-state index in [-0.39, 0.29) is 11.8 Å². The molecule has 0 heterocycles. The summed E-state index contributed by atoms with van der Waals surface area (Å²) in [7, 11) is 0. The molecule has 2 fully saturated rings. The summed E-state index contributed by atoms with van der Waals surface area (Å²) in [5, 5.41) is 10.7. The van der Waals surface area contributed by atoms with Crippen molar-refractivity contribution in [2.45, 2.75) is 24.9 Å². The number of allylic oxidation sites excluding steroid dienone is 4. The predicted molar refractivity (Wildman–Crippen MR) is 59.5 cm³/mol. The normalized spacial score (nSPS) is 56.8. The van der Waals surface area contributed by atoms with Crippen LogP contribution >= 0.6 is 0 Å². The van der Waals surface area contributed by atoms with Crippen molar-refractivity contribution in [2.24, 2.45) is 29.6 Å². The highest BCUT2D eigenvalue weighted by atomic mass is 16.3. The lowest BCUT2D eigenvalue weighted by Gasteiger charge is -2.58. The Balaban J connectivity index is 1.63. The molecule has 0 aliphatic heterocycles. The molecule has 0 spiro atoms. The Morgan fingerprint density at radius 3 is 2.88 bits per heavy atom. The smallest absolute Gasteiger partial charge is 0.143 e. The van der Waals surface area contributed by atoms with Gasteiger partial charge in [0.05, 0.1) is 11.5 Å². The van der Waals surface area contributed by atoms with E-state index < -0.39 is 5.60 Å². The standard InChI is InChI=1S/C14H16O2/c15-13-10-5-2-4-9(10)12(13)14(16)7-8-3-1-6-11(8)14/h1-4,8-12,16H,5-7H2. The lowest BCUT2D eigenvalue weighted by molar-refractivity contribution is -0.198. The van der Waals surface area contributed by atoms with Gasteiger partial charge in [-0.1, -0.05) is 24.3 Å². The summed E-state index contributed by atoms with van der Waals surface area (Å²) in [5.41, 5.74) is -0.679. The zero-order valence-corrected chi connectivity index (χ0v) is 9.17. The minimum atomic E-state index is -0.679. The van der Waals surface area contributed by atoms with Crippen LogP contribution in [0.3, 0.4) is 0 Å². The van der Waals surface area contributed by atoms with E-state index in [2.05, 4.69) is 24.3 Å². The largest absolute Gasteiger partial charge is 0.389 e. The maximum absolute atomic E-state index is 12.1. The summed E-state index contributed by atoms with van der Waals surface area (Å²) >= 11 is 0. The van der Waals surface area contributed by atoms with Gasteiger partial charge in [-0.2, -0.15) is 0 Å². The number of carbonyl (C=O) groups excluding carboxylic acids is 1. The fraction of sp³-hybridized carbons (Fsp3) is 0.643. The molecule has 16 heavy (non-hydrogen) atoms. The third-order valence-corrected chi connectivity index (χ3v) is 5.30. The second-order valence-corrected chi connectivity index (χ2v) is 5.86. The first kappa shape index (κ1) is 9.17. The van der Waals surface area contributed by atoms with Crippen molar-refractivity contribution in [3.63, 3.8) is 0 Å². The molecule has 4 aliphatic rings. The molecule has 84 valence electrons. The first-order valence-electron chi connectivity index (χ1n) is 6.31. The maximum atomic E-state index is 12.1. The average molecular weight is 216 g/mol. The van der Waals surface area contributed by atoms with Gasteiger partial charge in [0.15, 0.2) is 0 Å². The Labute approximate surface area is 95.0 Å². The van der Waals surface area contributed by atoms with E-state index >= 15 is 0 Å². The number of carbonyl (C=O) groups is 1. The highest BCUT2D eigenvalue weighted by Gasteiger charge is 2.66. The first-order chi connectivity index (χ1) is 7.72. The van der Waals surface area contributed by atoms with Crippen LogP contribution in [0.25, 0.3) is 0 Å². The molecule has 0 saturated heterocycles. The van der Waals surface area contributed by atoms with Gasteiger partial charge in [-0.3, -0.25) is 4.79 Å². The van der Waals surface area contributed by atoms with Crippen molar-refractivity contribution in [3.8, 4) is 0 Å². The molecule has 0 aromatic heterocycles. The van der Waals surface area contributed by atoms with Crippen LogP contribution in [0, 0.1) is 29.6 Å². The third kappa shape index (κ3) is 0.831. The molecule has 2 heteroatoms. The number of hydrogen-bond donors (Lipinski definition) is 1. The minimum Gasteiger partial charge on any atom is -0.389 e. The minimum absolute atomic E-state index is 0.0857. The van der Waals surface area contributed by atoms with Crippen molar-refractivity contribution in [1.82, 2.24) is 0 Å². The lowest BCUT2D eigenvalue weighted by Crippen LogP contribution is -2.66. The van der Waals surface area contributed by atoms with E-state index in [1.54, 1.807) is 0 Å². The molecule has 4 aliphatic carbocycles. The SMILES string of the molecule is O=C1C2CC=CC2C1C1(O)CC2C=CCC21. The first-order valence-corrected chi connectivity index (χ1v) is 6.31. The van der Waals surface area contributed by atoms with Gasteiger partial charge in [-0.15, -0.1) is 0 Å². The van der Waals surface area contributed by atoms with Gasteiger partial charge < -0.3 is 5.11 Å². The van der Waals surface area contributed by atoms with Crippen LogP contribution in [0.1, 0.15) is 19.3 Å². The van der Waals surface area contributed by atoms with Gasteiger partial charge >= 0.3 is 0 Å². The topological polar surface area (TPSA) is 37.3 Å². The van der Waals surface area contributed by atoms with Gasteiger partial charge in [0.2, 0.25) is 0 Å². The summed E-state index contributed by atoms with van der Waals surface area (Å²) in [4.78, 5) is 12.1. The molecule has 0 aromatic carbocycles. The van der Waals surface area contributed by atoms with Crippen molar-refractivity contribution in [1.29, 1.82) is 0 Å². The Morgan fingerprint density at radius 2 is 2.06 bits per heavy atom. The fourth-order valence-electron chi connectivity index (χ4n) is 4.42. The van der Waals surface area contributed by atoms with E-state index in [1.807, 2.05) is 0 Å². The molecular formula is C14H16O2. The Bertz CT molecular complexity index is 422. The van der Waals surface area contributed by atoms with Crippen LogP contribution in [0.2, 0.25) is 0 Å². The second kappa shape index (κ2) is 2.67. The molecule has 6 atom stereocenters. The van der Waals surface area contributed by atoms with Crippen LogP contribution in [0.5, 0.6) is 0 Å². The highest BCUT2D eigenvalue weighted by Crippen LogP contribution is 2.61. The lowest BCUT2D eigenvalue weighted by atomic mass is 9.47. The van der Waals surface area contributed by atoms with E-state index in [1.165, 1.54) is 0 Å². The van der Waals surface area contributed by atoms with Crippen molar-refractivity contribution >= 4 is 5.78 Å². The van der Waals surface area contributed by atoms with Crippen LogP contribution in [0.4, 0.5) is 0 Å². The van der Waals surface area contributed by atoms with Crippen LogP contribution < -0.4 is 0 Å². The van der Waals surface area contributed by atoms with Crippen LogP contribution in [-0.2, 0) is 4.79 Å². The zero-order chi connectivity index (χ0) is 10.9. The maximum Gasteiger partial charge on any atom is 0.143 e. The summed E-state index contributed by atoms with van der Waals surface area (Å²) in [6.07, 6.45) is 11.3. The summed E-state index contributed by atoms with van der Waals surface area (Å²) in [6.45, 7) is 0. The Kier molecular flexibility index (Phi) is 1.53. The summed E-state index contributed by atoms with van der Waals surface area (Å²) < 4.78 is 0. The quantitative estimate of drug-likeness (QED) is 0.677. The number of aliphatic hydroxyl groups is 1. The number of rotatable bonds is 1. The Hall–Kier alpha value is -0.890. The molecule has 0 amide bonds. The van der Waals surface area contributed by atoms with Crippen molar-refractivity contribution in [3.05, 3.63) is 24.3 Å². The second-order valence-electron chi connectivity index (χ2n) is 5.86. The molecule has 0 radical (unpaired) electrons. The number of hydrogen-bond acceptors (Lipinski definition) is 2. The number of fused-ring (bicyclic) bond motifs is 2. The monoisotopic (exact) mass is 216 g/mol. The third-order valence-electron chi connectivity index (χ3n) is 5.30. The van der Waals surface area contributed by atoms with Crippen molar-refractivity contribution in [2.75, 3.05) is 0 Å². The van der Waals surface area contributed by atoms with Crippen LogP contribution in [0.15, 0.2) is 24.3 Å². The fourth-order valence-corrected chi connectivity index (χ4v) is 4.42. The van der Waals surface area contributed by atoms with Gasteiger partial charge in [0, 0.05) is 5.92 Å². The van der Waals surface area contributed by atoms with E-state index in [4.69, 9.17) is 0 Å². The molecule has 2 nitrogen and oxygen atoms in total. The summed E-state index contributed by atoms with van der Waals surface area (Å²) in [6, 6.07) is 0. The van der Waals surface area contributed by atoms with Crippen molar-refractivity contribution < 1.29 is 9.90 Å². The van der Waals surface area contributed by atoms with E-state index in [0.29, 0.717) is 23.5 Å². The molecule has 1 N–H and O–H groups in total. The van der Waals surface area contributed by atoms with E-state index in [0.717, 1.165) is 19.3 Å². The Morgan fingerprint density at radius 1 is 1.25 bits per heavy atom. The summed E-state index contributed by atoms with van der Waals surface area (Å²) in [5.74, 6) is 1.67. The van der Waals surface area contributed by atoms with Gasteiger partial charge in [-0.05, 0) is 37.0 Å². The predicted octanol–water partition coefficient (Wildman–Crippen LogP) is 1.70. The highest BCUT2D eigenvalue weighted by molar-refractivity contribution is 5.93. The molecule has 0 aromatic rings. The molecule has 0 bridgehead atoms. The number of ketones is 1. The zero-order valence-electron chi connectivity index (χ0n) is 9.17.